The lowest BCUT2D eigenvalue weighted by atomic mass is 9.73. The topological polar surface area (TPSA) is 15.3 Å². The fraction of sp³-hybridized carbons (Fsp3) is 1.00. The van der Waals surface area contributed by atoms with Gasteiger partial charge >= 0.3 is 0 Å². The smallest absolute Gasteiger partial charge is 0.0309 e. The normalized spacial score (nSPS) is 41.4. The summed E-state index contributed by atoms with van der Waals surface area (Å²) in [4.78, 5) is 2.93. The molecule has 3 unspecified atom stereocenters. The zero-order chi connectivity index (χ0) is 15.3. The van der Waals surface area contributed by atoms with Crippen LogP contribution >= 0.6 is 0 Å². The molecule has 2 saturated carbocycles. The third-order valence-corrected chi connectivity index (χ3v) is 6.55. The molecule has 0 bridgehead atoms. The van der Waals surface area contributed by atoms with E-state index in [2.05, 4.69) is 44.8 Å². The van der Waals surface area contributed by atoms with Gasteiger partial charge in [-0.05, 0) is 56.3 Å². The maximum atomic E-state index is 3.94. The van der Waals surface area contributed by atoms with Crippen LogP contribution in [0.2, 0.25) is 0 Å². The quantitative estimate of drug-likeness (QED) is 0.844. The summed E-state index contributed by atoms with van der Waals surface area (Å²) >= 11 is 0. The van der Waals surface area contributed by atoms with Gasteiger partial charge in [-0.1, -0.05) is 34.1 Å². The van der Waals surface area contributed by atoms with E-state index >= 15 is 0 Å². The summed E-state index contributed by atoms with van der Waals surface area (Å²) in [6, 6.07) is 1.55. The Hall–Kier alpha value is -0.0800. The van der Waals surface area contributed by atoms with E-state index in [1.807, 2.05) is 0 Å². The van der Waals surface area contributed by atoms with Crippen LogP contribution in [0.1, 0.15) is 73.1 Å². The highest BCUT2D eigenvalue weighted by molar-refractivity contribution is 5.06. The van der Waals surface area contributed by atoms with Gasteiger partial charge in [-0.15, -0.1) is 0 Å². The molecule has 3 atom stereocenters. The van der Waals surface area contributed by atoms with E-state index in [9.17, 15) is 0 Å². The summed E-state index contributed by atoms with van der Waals surface area (Å²) in [5.41, 5.74) is 0.929. The number of hydrogen-bond donors (Lipinski definition) is 1. The Morgan fingerprint density at radius 2 is 1.81 bits per heavy atom. The molecule has 1 heterocycles. The molecule has 0 aromatic rings. The first kappa shape index (κ1) is 15.8. The monoisotopic (exact) mass is 292 g/mol. The van der Waals surface area contributed by atoms with Crippen molar-refractivity contribution in [2.45, 2.75) is 90.8 Å². The van der Waals surface area contributed by atoms with E-state index in [0.717, 1.165) is 23.9 Å². The lowest BCUT2D eigenvalue weighted by molar-refractivity contribution is -0.0123. The van der Waals surface area contributed by atoms with E-state index < -0.39 is 0 Å². The maximum Gasteiger partial charge on any atom is 0.0309 e. The molecule has 0 spiro atoms. The molecular weight excluding hydrogens is 256 g/mol. The predicted octanol–water partition coefficient (Wildman–Crippen LogP) is 4.05. The van der Waals surface area contributed by atoms with Gasteiger partial charge in [-0.2, -0.15) is 0 Å². The lowest BCUT2D eigenvalue weighted by Crippen LogP contribution is -2.67. The van der Waals surface area contributed by atoms with Crippen molar-refractivity contribution in [2.24, 2.45) is 17.3 Å². The van der Waals surface area contributed by atoms with E-state index in [4.69, 9.17) is 0 Å². The summed E-state index contributed by atoms with van der Waals surface area (Å²) in [5.74, 6) is 1.69. The zero-order valence-corrected chi connectivity index (χ0v) is 14.9. The maximum absolute atomic E-state index is 3.94. The van der Waals surface area contributed by atoms with Gasteiger partial charge in [0, 0.05) is 30.7 Å². The molecule has 1 aliphatic heterocycles. The van der Waals surface area contributed by atoms with Crippen molar-refractivity contribution < 1.29 is 0 Å². The number of hydrogen-bond acceptors (Lipinski definition) is 2. The molecule has 2 aliphatic carbocycles. The van der Waals surface area contributed by atoms with Crippen LogP contribution in [0.3, 0.4) is 0 Å². The lowest BCUT2D eigenvalue weighted by Gasteiger charge is -2.53. The van der Waals surface area contributed by atoms with Gasteiger partial charge in [-0.25, -0.2) is 0 Å². The molecule has 21 heavy (non-hydrogen) atoms. The van der Waals surface area contributed by atoms with Gasteiger partial charge in [0.1, 0.15) is 0 Å². The summed E-state index contributed by atoms with van der Waals surface area (Å²) in [5, 5.41) is 3.94. The molecule has 0 aromatic carbocycles. The SMILES string of the molecule is CC(C)C1CNC(C)(C2CC2)CN1C1CCCC(C)(C)C1. The third kappa shape index (κ3) is 3.32. The van der Waals surface area contributed by atoms with E-state index in [1.165, 1.54) is 51.6 Å². The third-order valence-electron chi connectivity index (χ3n) is 6.55. The van der Waals surface area contributed by atoms with Gasteiger partial charge < -0.3 is 5.32 Å². The first-order chi connectivity index (χ1) is 9.81. The molecule has 0 amide bonds. The van der Waals surface area contributed by atoms with Gasteiger partial charge in [0.25, 0.3) is 0 Å². The standard InChI is InChI=1S/C19H36N2/c1-14(2)17-12-20-19(5,15-8-9-15)13-21(17)16-7-6-10-18(3,4)11-16/h14-17,20H,6-13H2,1-5H3. The highest BCUT2D eigenvalue weighted by Crippen LogP contribution is 2.44. The largest absolute Gasteiger partial charge is 0.308 e. The Morgan fingerprint density at radius 1 is 1.10 bits per heavy atom. The van der Waals surface area contributed by atoms with Crippen molar-refractivity contribution in [2.75, 3.05) is 13.1 Å². The second kappa shape index (κ2) is 5.53. The molecule has 3 fully saturated rings. The summed E-state index contributed by atoms with van der Waals surface area (Å²) in [6.45, 7) is 14.7. The Bertz CT molecular complexity index is 372. The van der Waals surface area contributed by atoms with E-state index in [-0.39, 0.29) is 0 Å². The van der Waals surface area contributed by atoms with Crippen molar-refractivity contribution in [3.8, 4) is 0 Å². The number of nitrogens with one attached hydrogen (secondary N) is 1. The van der Waals surface area contributed by atoms with Crippen LogP contribution in [-0.4, -0.2) is 35.6 Å². The Labute approximate surface area is 132 Å². The van der Waals surface area contributed by atoms with Crippen molar-refractivity contribution in [3.05, 3.63) is 0 Å². The van der Waals surface area contributed by atoms with Crippen LogP contribution in [-0.2, 0) is 0 Å². The van der Waals surface area contributed by atoms with Crippen LogP contribution in [0.5, 0.6) is 0 Å². The second-order valence-corrected chi connectivity index (χ2v) is 9.47. The molecule has 122 valence electrons. The van der Waals surface area contributed by atoms with Crippen molar-refractivity contribution in [3.63, 3.8) is 0 Å². The minimum Gasteiger partial charge on any atom is -0.308 e. The molecule has 3 rings (SSSR count). The Kier molecular flexibility index (Phi) is 4.16. The Balaban J connectivity index is 1.76. The summed E-state index contributed by atoms with van der Waals surface area (Å²) in [7, 11) is 0. The van der Waals surface area contributed by atoms with Crippen LogP contribution in [0.15, 0.2) is 0 Å². The predicted molar refractivity (Wildman–Crippen MR) is 90.5 cm³/mol. The zero-order valence-electron chi connectivity index (χ0n) is 14.9. The second-order valence-electron chi connectivity index (χ2n) is 9.47. The Morgan fingerprint density at radius 3 is 2.38 bits per heavy atom. The minimum absolute atomic E-state index is 0.382. The van der Waals surface area contributed by atoms with Crippen molar-refractivity contribution in [1.82, 2.24) is 10.2 Å². The molecule has 0 radical (unpaired) electrons. The van der Waals surface area contributed by atoms with Crippen molar-refractivity contribution >= 4 is 0 Å². The minimum atomic E-state index is 0.382. The van der Waals surface area contributed by atoms with Gasteiger partial charge in [0.2, 0.25) is 0 Å². The highest BCUT2D eigenvalue weighted by atomic mass is 15.3. The van der Waals surface area contributed by atoms with E-state index in [1.54, 1.807) is 0 Å². The molecule has 1 N–H and O–H groups in total. The first-order valence-corrected chi connectivity index (χ1v) is 9.31. The molecule has 3 aliphatic rings. The fourth-order valence-corrected chi connectivity index (χ4v) is 4.96. The average molecular weight is 293 g/mol. The number of piperazine rings is 1. The van der Waals surface area contributed by atoms with Gasteiger partial charge in [0.05, 0.1) is 0 Å². The molecule has 1 saturated heterocycles. The molecule has 2 heteroatoms. The van der Waals surface area contributed by atoms with Gasteiger partial charge in [-0.3, -0.25) is 4.90 Å². The van der Waals surface area contributed by atoms with Crippen LogP contribution in [0.4, 0.5) is 0 Å². The average Bonchev–Trinajstić information content (AvgIpc) is 3.21. The van der Waals surface area contributed by atoms with Gasteiger partial charge in [0.15, 0.2) is 0 Å². The molecule has 0 aromatic heterocycles. The number of nitrogens with zero attached hydrogens (tertiary/aromatic N) is 1. The number of rotatable bonds is 3. The van der Waals surface area contributed by atoms with E-state index in [0.29, 0.717) is 11.0 Å². The van der Waals surface area contributed by atoms with Crippen LogP contribution in [0.25, 0.3) is 0 Å². The van der Waals surface area contributed by atoms with Crippen molar-refractivity contribution in [1.29, 1.82) is 0 Å². The molecule has 2 nitrogen and oxygen atoms in total. The summed E-state index contributed by atoms with van der Waals surface area (Å²) in [6.07, 6.45) is 8.55. The highest BCUT2D eigenvalue weighted by Gasteiger charge is 2.48. The molecular formula is C19H36N2. The first-order valence-electron chi connectivity index (χ1n) is 9.31. The van der Waals surface area contributed by atoms with Crippen LogP contribution < -0.4 is 5.32 Å². The fourth-order valence-electron chi connectivity index (χ4n) is 4.96. The summed E-state index contributed by atoms with van der Waals surface area (Å²) < 4.78 is 0. The van der Waals surface area contributed by atoms with Crippen LogP contribution in [0, 0.1) is 17.3 Å².